The Balaban J connectivity index is 0.000000136. The number of para-hydroxylation sites is 11. The van der Waals surface area contributed by atoms with Crippen molar-refractivity contribution in [1.82, 2.24) is 0 Å². The lowest BCUT2D eigenvalue weighted by Crippen LogP contribution is -2.30. The minimum Gasteiger partial charge on any atom is -0.309 e. The highest BCUT2D eigenvalue weighted by Crippen LogP contribution is 2.64. The second kappa shape index (κ2) is 30.9. The van der Waals surface area contributed by atoms with Gasteiger partial charge in [0.05, 0.1) is 91.0 Å². The third-order valence-corrected chi connectivity index (χ3v) is 34.0. The molecule has 0 amide bonds. The van der Waals surface area contributed by atoms with Crippen molar-refractivity contribution in [2.24, 2.45) is 0 Å². The van der Waals surface area contributed by atoms with Gasteiger partial charge in [-0.05, 0) is 277 Å². The maximum atomic E-state index is 2.60. The third-order valence-electron chi connectivity index (χ3n) is 31.8. The fraction of sp³-hybridized carbons (Fsp3) is 0.0896. The van der Waals surface area contributed by atoms with Crippen molar-refractivity contribution in [2.45, 2.75) is 78.1 Å². The van der Waals surface area contributed by atoms with Crippen molar-refractivity contribution >= 4 is 273 Å². The third kappa shape index (κ3) is 11.9. The summed E-state index contributed by atoms with van der Waals surface area (Å²) in [6.07, 6.45) is 0. The SMILES string of the molecule is CC(C)c1cc2ccc(N3c4ccccc4N(c4ccccc4)c4cc5c(cc43)sc3cc4ccccc4cc35)c3c(C(C)C)cc4ccc(N5c6ccccc6N(c6ccccc6)c6ccccc65)c1c4c23.CC1(C)c2ccccc2N(c2cc3c4ccccc4c(N4c5ccccc5C(C)(C)c5cc6c(cc54)sc4ccc5c7ccc8ccccc8c7ccc5c46)cc3c3ccccc23)c2ccccc21. The van der Waals surface area contributed by atoms with E-state index in [1.807, 2.05) is 22.7 Å². The second-order valence-corrected chi connectivity index (χ2v) is 43.0. The molecule has 8 heteroatoms. The molecule has 0 fully saturated rings. The first kappa shape index (κ1) is 82.5. The van der Waals surface area contributed by atoms with Crippen LogP contribution in [-0.4, -0.2) is 0 Å². The van der Waals surface area contributed by atoms with Crippen molar-refractivity contribution in [2.75, 3.05) is 29.4 Å². The van der Waals surface area contributed by atoms with Crippen molar-refractivity contribution in [1.29, 1.82) is 0 Å². The first-order valence-electron chi connectivity index (χ1n) is 49.9. The van der Waals surface area contributed by atoms with Crippen molar-refractivity contribution in [3.63, 3.8) is 0 Å². The number of nitrogens with zero attached hydrogens (tertiary/aromatic N) is 6. The van der Waals surface area contributed by atoms with Gasteiger partial charge in [-0.15, -0.1) is 22.7 Å². The van der Waals surface area contributed by atoms with Gasteiger partial charge >= 0.3 is 0 Å². The number of rotatable bonds is 8. The zero-order chi connectivity index (χ0) is 94.6. The van der Waals surface area contributed by atoms with E-state index in [9.17, 15) is 0 Å². The fourth-order valence-electron chi connectivity index (χ4n) is 25.3. The molecule has 0 aliphatic carbocycles. The summed E-state index contributed by atoms with van der Waals surface area (Å²) in [7, 11) is 0. The molecule has 674 valence electrons. The monoisotopic (exact) mass is 1850 g/mol. The lowest BCUT2D eigenvalue weighted by atomic mass is 9.73. The Morgan fingerprint density at radius 1 is 0.169 bits per heavy atom. The normalized spacial score (nSPS) is 14.1. The Morgan fingerprint density at radius 3 is 1.03 bits per heavy atom. The summed E-state index contributed by atoms with van der Waals surface area (Å²) in [6.45, 7) is 19.0. The van der Waals surface area contributed by atoms with Gasteiger partial charge in [-0.25, -0.2) is 0 Å². The Hall–Kier alpha value is -16.6. The number of fused-ring (bicyclic) bond motifs is 26. The molecule has 30 rings (SSSR count). The molecule has 0 bridgehead atoms. The largest absolute Gasteiger partial charge is 0.309 e. The van der Waals surface area contributed by atoms with E-state index in [0.29, 0.717) is 0 Å². The predicted octanol–water partition coefficient (Wildman–Crippen LogP) is 40.0. The molecule has 0 saturated heterocycles. The van der Waals surface area contributed by atoms with Crippen LogP contribution in [0.3, 0.4) is 0 Å². The van der Waals surface area contributed by atoms with E-state index in [1.54, 1.807) is 0 Å². The van der Waals surface area contributed by atoms with Gasteiger partial charge in [0.25, 0.3) is 0 Å². The van der Waals surface area contributed by atoms with Gasteiger partial charge in [-0.1, -0.05) is 334 Å². The average molecular weight is 1850 g/mol. The summed E-state index contributed by atoms with van der Waals surface area (Å²) in [4.78, 5) is 15.2. The summed E-state index contributed by atoms with van der Waals surface area (Å²) < 4.78 is 5.21. The van der Waals surface area contributed by atoms with Crippen molar-refractivity contribution < 1.29 is 0 Å². The maximum absolute atomic E-state index is 2.60. The quantitative estimate of drug-likeness (QED) is 0.140. The Morgan fingerprint density at radius 2 is 0.500 bits per heavy atom. The topological polar surface area (TPSA) is 19.4 Å². The van der Waals surface area contributed by atoms with Crippen LogP contribution in [0.4, 0.5) is 102 Å². The van der Waals surface area contributed by atoms with Crippen LogP contribution in [0.5, 0.6) is 0 Å². The average Bonchev–Trinajstić information content (AvgIpc) is 0.966. The van der Waals surface area contributed by atoms with Gasteiger partial charge in [-0.3, -0.25) is 0 Å². The standard InChI is InChI=1S/C68H50N4S.C66H46N2S/c1-41(2)49-36-46-32-34-60(72-58-30-18-15-27-55(58)70(48-23-9-6-10-24-48)61-39-52-51-35-43-19-11-12-20-44(43)38-63(51)73-64(52)40-62(61)72)68-50(42(3)4)37-45-31-33-59(67(49)65(45)66(46)68)71-56-28-16-13-25-53(56)69(47-21-7-5-8-22-47)54-26-14-17-29-57(54)71;1-65(2)52-23-11-14-26-56(52)67(57-27-15-12-24-53(57)65)59-36-49-42-20-8-10-22-47(42)60(37-50(49)41-19-7-9-21-46(41)59)68-58-28-16-13-25-54(58)66(3,4)55-35-51-63(38-61(55)68)69-62-34-33-45-44-30-29-39-17-5-6-18-40(39)43(44)31-32-48(45)64(51)62/h5-42H,1-4H3;5-38H,1-4H3. The van der Waals surface area contributed by atoms with Gasteiger partial charge in [0, 0.05) is 84.1 Å². The molecule has 26 aromatic rings. The molecule has 4 aliphatic rings. The van der Waals surface area contributed by atoms with E-state index in [1.165, 1.54) is 238 Å². The lowest BCUT2D eigenvalue weighted by Gasteiger charge is -2.43. The van der Waals surface area contributed by atoms with E-state index in [-0.39, 0.29) is 22.7 Å². The van der Waals surface area contributed by atoms with E-state index in [2.05, 4.69) is 509 Å². The smallest absolute Gasteiger partial charge is 0.0718 e. The molecule has 6 nitrogen and oxygen atoms in total. The van der Waals surface area contributed by atoms with Crippen LogP contribution in [-0.2, 0) is 10.8 Å². The molecule has 0 radical (unpaired) electrons. The highest BCUT2D eigenvalue weighted by molar-refractivity contribution is 7.26. The zero-order valence-electron chi connectivity index (χ0n) is 80.1. The molecular weight excluding hydrogens is 1760 g/mol. The Kier molecular flexibility index (Phi) is 18.0. The number of hydrogen-bond donors (Lipinski definition) is 0. The summed E-state index contributed by atoms with van der Waals surface area (Å²) in [6, 6.07) is 160. The zero-order valence-corrected chi connectivity index (χ0v) is 81.7. The molecule has 0 saturated carbocycles. The number of thiophene rings is 2. The highest BCUT2D eigenvalue weighted by Gasteiger charge is 2.43. The molecule has 2 aromatic heterocycles. The first-order valence-corrected chi connectivity index (χ1v) is 51.5. The fourth-order valence-corrected chi connectivity index (χ4v) is 27.6. The molecule has 142 heavy (non-hydrogen) atoms. The second-order valence-electron chi connectivity index (χ2n) is 40.9. The van der Waals surface area contributed by atoms with Gasteiger partial charge in [0.2, 0.25) is 0 Å². The molecular formula is C134H96N6S2. The molecule has 4 aliphatic heterocycles. The van der Waals surface area contributed by atoms with Gasteiger partial charge in [0.15, 0.2) is 0 Å². The van der Waals surface area contributed by atoms with Crippen LogP contribution in [0.1, 0.15) is 101 Å². The highest BCUT2D eigenvalue weighted by atomic mass is 32.1. The molecule has 24 aromatic carbocycles. The lowest BCUT2D eigenvalue weighted by molar-refractivity contribution is 0.632. The number of benzene rings is 24. The molecule has 0 unspecified atom stereocenters. The number of anilines is 18. The van der Waals surface area contributed by atoms with Gasteiger partial charge in [0.1, 0.15) is 0 Å². The molecule has 6 heterocycles. The Labute approximate surface area is 832 Å². The van der Waals surface area contributed by atoms with Crippen LogP contribution in [0.2, 0.25) is 0 Å². The minimum absolute atomic E-state index is 0.145. The van der Waals surface area contributed by atoms with Crippen molar-refractivity contribution in [3.8, 4) is 0 Å². The van der Waals surface area contributed by atoms with Crippen LogP contribution in [0.15, 0.2) is 425 Å². The maximum Gasteiger partial charge on any atom is 0.0718 e. The van der Waals surface area contributed by atoms with E-state index in [0.717, 1.165) is 45.5 Å². The predicted molar refractivity (Wildman–Crippen MR) is 613 cm³/mol. The first-order chi connectivity index (χ1) is 69.6. The van der Waals surface area contributed by atoms with E-state index < -0.39 is 0 Å². The molecule has 0 atom stereocenters. The summed E-state index contributed by atoms with van der Waals surface area (Å²) >= 11 is 3.82. The number of hydrogen-bond acceptors (Lipinski definition) is 8. The molecule has 0 spiro atoms. The molecule has 0 N–H and O–H groups in total. The summed E-state index contributed by atoms with van der Waals surface area (Å²) in [5.41, 5.74) is 28.9. The van der Waals surface area contributed by atoms with Gasteiger partial charge < -0.3 is 29.4 Å². The minimum atomic E-state index is -0.259. The van der Waals surface area contributed by atoms with Crippen molar-refractivity contribution in [3.05, 3.63) is 458 Å². The van der Waals surface area contributed by atoms with Crippen LogP contribution < -0.4 is 29.4 Å². The van der Waals surface area contributed by atoms with E-state index >= 15 is 0 Å². The summed E-state index contributed by atoms with van der Waals surface area (Å²) in [5, 5.41) is 30.9. The van der Waals surface area contributed by atoms with Crippen LogP contribution in [0.25, 0.3) is 148 Å². The van der Waals surface area contributed by atoms with Gasteiger partial charge in [-0.2, -0.15) is 0 Å². The Bertz CT molecular complexity index is 9800. The summed E-state index contributed by atoms with van der Waals surface area (Å²) in [5.74, 6) is 0.514. The van der Waals surface area contributed by atoms with E-state index in [4.69, 9.17) is 0 Å². The van der Waals surface area contributed by atoms with Crippen LogP contribution in [0, 0.1) is 0 Å². The van der Waals surface area contributed by atoms with Crippen LogP contribution >= 0.6 is 22.7 Å².